The standard InChI is InChI=1S/C18H21NO/c1-2-5-14-8-10-15(11-9-14)19-17-12-13-20-18-7-4-3-6-16(17)18/h3-4,6-11,17,19H,2,5,12-13H2,1H3. The molecule has 0 amide bonds. The summed E-state index contributed by atoms with van der Waals surface area (Å²) >= 11 is 0. The van der Waals surface area contributed by atoms with Crippen molar-refractivity contribution in [2.24, 2.45) is 0 Å². The van der Waals surface area contributed by atoms with Crippen LogP contribution in [-0.4, -0.2) is 6.61 Å². The van der Waals surface area contributed by atoms with Gasteiger partial charge in [-0.3, -0.25) is 0 Å². The Hall–Kier alpha value is -1.96. The van der Waals surface area contributed by atoms with Crippen LogP contribution < -0.4 is 10.1 Å². The van der Waals surface area contributed by atoms with Crippen LogP contribution in [0.1, 0.15) is 36.9 Å². The van der Waals surface area contributed by atoms with Crippen LogP contribution >= 0.6 is 0 Å². The molecule has 1 aliphatic rings. The van der Waals surface area contributed by atoms with E-state index in [1.54, 1.807) is 0 Å². The van der Waals surface area contributed by atoms with Crippen LogP contribution in [0.15, 0.2) is 48.5 Å². The first-order chi connectivity index (χ1) is 9.86. The Morgan fingerprint density at radius 3 is 2.70 bits per heavy atom. The number of para-hydroxylation sites is 1. The van der Waals surface area contributed by atoms with Gasteiger partial charge in [-0.1, -0.05) is 43.7 Å². The van der Waals surface area contributed by atoms with Gasteiger partial charge in [0.1, 0.15) is 5.75 Å². The first kappa shape index (κ1) is 13.0. The van der Waals surface area contributed by atoms with Gasteiger partial charge in [0, 0.05) is 17.7 Å². The Morgan fingerprint density at radius 2 is 1.90 bits per heavy atom. The van der Waals surface area contributed by atoms with Crippen molar-refractivity contribution in [3.8, 4) is 5.75 Å². The fraction of sp³-hybridized carbons (Fsp3) is 0.333. The molecule has 1 N–H and O–H groups in total. The van der Waals surface area contributed by atoms with E-state index in [-0.39, 0.29) is 0 Å². The molecule has 0 spiro atoms. The van der Waals surface area contributed by atoms with Crippen LogP contribution in [0.2, 0.25) is 0 Å². The highest BCUT2D eigenvalue weighted by molar-refractivity contribution is 5.49. The Morgan fingerprint density at radius 1 is 1.10 bits per heavy atom. The normalized spacial score (nSPS) is 17.1. The summed E-state index contributed by atoms with van der Waals surface area (Å²) in [7, 11) is 0. The molecule has 0 saturated carbocycles. The van der Waals surface area contributed by atoms with E-state index in [4.69, 9.17) is 4.74 Å². The highest BCUT2D eigenvalue weighted by atomic mass is 16.5. The van der Waals surface area contributed by atoms with Crippen LogP contribution in [0.4, 0.5) is 5.69 Å². The lowest BCUT2D eigenvalue weighted by Crippen LogP contribution is -2.20. The van der Waals surface area contributed by atoms with Gasteiger partial charge >= 0.3 is 0 Å². The molecule has 0 saturated heterocycles. The Balaban J connectivity index is 1.75. The minimum atomic E-state index is 0.344. The summed E-state index contributed by atoms with van der Waals surface area (Å²) in [6, 6.07) is 17.5. The highest BCUT2D eigenvalue weighted by Gasteiger charge is 2.20. The van der Waals surface area contributed by atoms with Crippen molar-refractivity contribution in [2.75, 3.05) is 11.9 Å². The summed E-state index contributed by atoms with van der Waals surface area (Å²) in [6.45, 7) is 2.99. The van der Waals surface area contributed by atoms with E-state index < -0.39 is 0 Å². The molecule has 1 atom stereocenters. The number of benzene rings is 2. The number of fused-ring (bicyclic) bond motifs is 1. The van der Waals surface area contributed by atoms with Crippen molar-refractivity contribution in [3.63, 3.8) is 0 Å². The SMILES string of the molecule is CCCc1ccc(NC2CCOc3ccccc32)cc1. The lowest BCUT2D eigenvalue weighted by molar-refractivity contribution is 0.274. The van der Waals surface area contributed by atoms with Gasteiger partial charge in [0.2, 0.25) is 0 Å². The van der Waals surface area contributed by atoms with Crippen LogP contribution in [0.25, 0.3) is 0 Å². The maximum atomic E-state index is 5.70. The number of rotatable bonds is 4. The van der Waals surface area contributed by atoms with E-state index in [9.17, 15) is 0 Å². The van der Waals surface area contributed by atoms with E-state index >= 15 is 0 Å². The number of hydrogen-bond donors (Lipinski definition) is 1. The summed E-state index contributed by atoms with van der Waals surface area (Å²) in [5.74, 6) is 1.01. The minimum Gasteiger partial charge on any atom is -0.493 e. The molecule has 1 aliphatic heterocycles. The smallest absolute Gasteiger partial charge is 0.124 e. The zero-order chi connectivity index (χ0) is 13.8. The molecule has 20 heavy (non-hydrogen) atoms. The van der Waals surface area contributed by atoms with E-state index in [0.29, 0.717) is 6.04 Å². The van der Waals surface area contributed by atoms with Crippen molar-refractivity contribution < 1.29 is 4.74 Å². The Labute approximate surface area is 120 Å². The molecule has 3 rings (SSSR count). The molecule has 2 nitrogen and oxygen atoms in total. The van der Waals surface area contributed by atoms with Crippen molar-refractivity contribution >= 4 is 5.69 Å². The second-order valence-corrected chi connectivity index (χ2v) is 5.32. The molecule has 1 heterocycles. The van der Waals surface area contributed by atoms with Crippen LogP contribution in [0, 0.1) is 0 Å². The monoisotopic (exact) mass is 267 g/mol. The average molecular weight is 267 g/mol. The van der Waals surface area contributed by atoms with Crippen molar-refractivity contribution in [1.29, 1.82) is 0 Å². The molecule has 104 valence electrons. The molecular weight excluding hydrogens is 246 g/mol. The number of anilines is 1. The largest absolute Gasteiger partial charge is 0.493 e. The Kier molecular flexibility index (Phi) is 3.91. The lowest BCUT2D eigenvalue weighted by Gasteiger charge is -2.27. The summed E-state index contributed by atoms with van der Waals surface area (Å²) in [4.78, 5) is 0. The van der Waals surface area contributed by atoms with E-state index in [1.165, 1.54) is 23.2 Å². The summed E-state index contributed by atoms with van der Waals surface area (Å²) < 4.78 is 5.70. The third-order valence-electron chi connectivity index (χ3n) is 3.79. The van der Waals surface area contributed by atoms with E-state index in [2.05, 4.69) is 48.6 Å². The van der Waals surface area contributed by atoms with E-state index in [1.807, 2.05) is 12.1 Å². The molecule has 0 aromatic heterocycles. The second-order valence-electron chi connectivity index (χ2n) is 5.32. The number of ether oxygens (including phenoxy) is 1. The van der Waals surface area contributed by atoms with Gasteiger partial charge in [0.25, 0.3) is 0 Å². The first-order valence-electron chi connectivity index (χ1n) is 7.44. The van der Waals surface area contributed by atoms with Gasteiger partial charge in [-0.05, 0) is 30.2 Å². The molecule has 0 aliphatic carbocycles. The zero-order valence-electron chi connectivity index (χ0n) is 11.9. The highest BCUT2D eigenvalue weighted by Crippen LogP contribution is 2.33. The van der Waals surface area contributed by atoms with Crippen LogP contribution in [-0.2, 0) is 6.42 Å². The van der Waals surface area contributed by atoms with Crippen LogP contribution in [0.5, 0.6) is 5.75 Å². The van der Waals surface area contributed by atoms with E-state index in [0.717, 1.165) is 25.2 Å². The molecular formula is C18H21NO. The summed E-state index contributed by atoms with van der Waals surface area (Å²) in [5.41, 5.74) is 3.85. The molecule has 2 aromatic carbocycles. The number of nitrogens with one attached hydrogen (secondary N) is 1. The topological polar surface area (TPSA) is 21.3 Å². The third-order valence-corrected chi connectivity index (χ3v) is 3.79. The van der Waals surface area contributed by atoms with Crippen LogP contribution in [0.3, 0.4) is 0 Å². The summed E-state index contributed by atoms with van der Waals surface area (Å²) in [6.07, 6.45) is 3.36. The number of hydrogen-bond acceptors (Lipinski definition) is 2. The number of aryl methyl sites for hydroxylation is 1. The molecule has 2 aromatic rings. The molecule has 1 unspecified atom stereocenters. The van der Waals surface area contributed by atoms with Gasteiger partial charge in [-0.25, -0.2) is 0 Å². The first-order valence-corrected chi connectivity index (χ1v) is 7.44. The molecule has 0 fully saturated rings. The minimum absolute atomic E-state index is 0.344. The quantitative estimate of drug-likeness (QED) is 0.875. The lowest BCUT2D eigenvalue weighted by atomic mass is 10.00. The maximum absolute atomic E-state index is 5.70. The van der Waals surface area contributed by atoms with Gasteiger partial charge < -0.3 is 10.1 Å². The summed E-state index contributed by atoms with van der Waals surface area (Å²) in [5, 5.41) is 3.63. The Bertz CT molecular complexity index is 562. The fourth-order valence-corrected chi connectivity index (χ4v) is 2.75. The van der Waals surface area contributed by atoms with Gasteiger partial charge in [-0.2, -0.15) is 0 Å². The predicted molar refractivity (Wildman–Crippen MR) is 83.4 cm³/mol. The molecule has 2 heteroatoms. The van der Waals surface area contributed by atoms with Gasteiger partial charge in [-0.15, -0.1) is 0 Å². The van der Waals surface area contributed by atoms with Gasteiger partial charge in [0.05, 0.1) is 12.6 Å². The third kappa shape index (κ3) is 2.79. The zero-order valence-corrected chi connectivity index (χ0v) is 11.9. The van der Waals surface area contributed by atoms with Crippen molar-refractivity contribution in [3.05, 3.63) is 59.7 Å². The molecule has 0 radical (unpaired) electrons. The van der Waals surface area contributed by atoms with Crippen molar-refractivity contribution in [2.45, 2.75) is 32.2 Å². The predicted octanol–water partition coefficient (Wildman–Crippen LogP) is 4.57. The fourth-order valence-electron chi connectivity index (χ4n) is 2.75. The van der Waals surface area contributed by atoms with Crippen molar-refractivity contribution in [1.82, 2.24) is 0 Å². The van der Waals surface area contributed by atoms with Gasteiger partial charge in [0.15, 0.2) is 0 Å². The molecule has 0 bridgehead atoms. The second kappa shape index (κ2) is 6.00. The maximum Gasteiger partial charge on any atom is 0.124 e. The average Bonchev–Trinajstić information content (AvgIpc) is 2.50.